The first kappa shape index (κ1) is 11.3. The van der Waals surface area contributed by atoms with E-state index in [1.165, 1.54) is 6.42 Å². The Kier molecular flexibility index (Phi) is 3.02. The van der Waals surface area contributed by atoms with Crippen LogP contribution in [0.1, 0.15) is 25.5 Å². The summed E-state index contributed by atoms with van der Waals surface area (Å²) >= 11 is 0. The minimum Gasteiger partial charge on any atom is -0.398 e. The monoisotopic (exact) mass is 243 g/mol. The van der Waals surface area contributed by atoms with Crippen LogP contribution in [-0.4, -0.2) is 16.4 Å². The first-order valence-electron chi connectivity index (χ1n) is 6.36. The van der Waals surface area contributed by atoms with E-state index in [0.717, 1.165) is 36.4 Å². The molecule has 1 aliphatic rings. The van der Waals surface area contributed by atoms with E-state index in [0.29, 0.717) is 0 Å². The molecular formula is C14H17N3O. The van der Waals surface area contributed by atoms with Crippen LogP contribution in [0.5, 0.6) is 0 Å². The second kappa shape index (κ2) is 4.82. The lowest BCUT2D eigenvalue weighted by atomic mass is 10.1. The number of para-hydroxylation sites is 1. The number of anilines is 1. The number of benzene rings is 1. The Balaban J connectivity index is 1.98. The summed E-state index contributed by atoms with van der Waals surface area (Å²) in [5.74, 6) is 0. The molecule has 18 heavy (non-hydrogen) atoms. The Labute approximate surface area is 106 Å². The van der Waals surface area contributed by atoms with Crippen LogP contribution in [0.3, 0.4) is 0 Å². The molecule has 0 bridgehead atoms. The number of nitrogens with zero attached hydrogens (tertiary/aromatic N) is 2. The van der Waals surface area contributed by atoms with Gasteiger partial charge in [0.15, 0.2) is 6.23 Å². The minimum absolute atomic E-state index is 0.0448. The molecule has 0 saturated carbocycles. The lowest BCUT2D eigenvalue weighted by Crippen LogP contribution is -2.20. The first-order chi connectivity index (χ1) is 8.86. The van der Waals surface area contributed by atoms with Gasteiger partial charge in [-0.15, -0.1) is 0 Å². The van der Waals surface area contributed by atoms with Crippen molar-refractivity contribution in [2.24, 2.45) is 0 Å². The van der Waals surface area contributed by atoms with Crippen LogP contribution in [-0.2, 0) is 4.74 Å². The van der Waals surface area contributed by atoms with Gasteiger partial charge < -0.3 is 10.5 Å². The van der Waals surface area contributed by atoms with Crippen molar-refractivity contribution in [2.75, 3.05) is 12.3 Å². The van der Waals surface area contributed by atoms with Crippen molar-refractivity contribution in [3.63, 3.8) is 0 Å². The number of hydrogen-bond donors (Lipinski definition) is 1. The normalized spacial score (nSPS) is 19.9. The van der Waals surface area contributed by atoms with Crippen molar-refractivity contribution in [3.8, 4) is 11.3 Å². The van der Waals surface area contributed by atoms with Crippen LogP contribution in [0.2, 0.25) is 0 Å². The average Bonchev–Trinajstić information content (AvgIpc) is 2.89. The topological polar surface area (TPSA) is 53.1 Å². The number of nitrogen functional groups attached to an aromatic ring is 1. The lowest BCUT2D eigenvalue weighted by Gasteiger charge is -2.24. The molecule has 1 aromatic carbocycles. The van der Waals surface area contributed by atoms with Gasteiger partial charge >= 0.3 is 0 Å². The molecule has 0 amide bonds. The van der Waals surface area contributed by atoms with Crippen molar-refractivity contribution in [1.82, 2.24) is 9.78 Å². The number of aromatic nitrogens is 2. The highest BCUT2D eigenvalue weighted by atomic mass is 16.5. The largest absolute Gasteiger partial charge is 0.398 e. The van der Waals surface area contributed by atoms with Crippen molar-refractivity contribution in [3.05, 3.63) is 36.5 Å². The highest BCUT2D eigenvalue weighted by Gasteiger charge is 2.19. The van der Waals surface area contributed by atoms with Crippen LogP contribution in [0.15, 0.2) is 36.5 Å². The van der Waals surface area contributed by atoms with E-state index < -0.39 is 0 Å². The molecule has 4 heteroatoms. The fourth-order valence-corrected chi connectivity index (χ4v) is 2.40. The van der Waals surface area contributed by atoms with Crippen molar-refractivity contribution in [1.29, 1.82) is 0 Å². The standard InChI is InChI=1S/C14H17N3O/c15-12-6-2-1-5-11(12)13-8-9-16-17(13)14-7-3-4-10-18-14/h1-2,5-6,8-9,14H,3-4,7,10,15H2. The van der Waals surface area contributed by atoms with Gasteiger partial charge in [-0.3, -0.25) is 0 Å². The van der Waals surface area contributed by atoms with Crippen LogP contribution in [0.25, 0.3) is 11.3 Å². The van der Waals surface area contributed by atoms with E-state index in [9.17, 15) is 0 Å². The van der Waals surface area contributed by atoms with Crippen LogP contribution in [0.4, 0.5) is 5.69 Å². The summed E-state index contributed by atoms with van der Waals surface area (Å²) in [7, 11) is 0. The van der Waals surface area contributed by atoms with E-state index in [-0.39, 0.29) is 6.23 Å². The molecule has 0 spiro atoms. The molecule has 1 saturated heterocycles. The maximum absolute atomic E-state index is 6.03. The second-order valence-electron chi connectivity index (χ2n) is 4.57. The van der Waals surface area contributed by atoms with Gasteiger partial charge in [-0.25, -0.2) is 4.68 Å². The minimum atomic E-state index is 0.0448. The van der Waals surface area contributed by atoms with Gasteiger partial charge in [-0.1, -0.05) is 18.2 Å². The van der Waals surface area contributed by atoms with E-state index in [1.807, 2.05) is 35.0 Å². The SMILES string of the molecule is Nc1ccccc1-c1ccnn1C1CCCCO1. The van der Waals surface area contributed by atoms with Gasteiger partial charge in [0.05, 0.1) is 5.69 Å². The van der Waals surface area contributed by atoms with Gasteiger partial charge in [0.25, 0.3) is 0 Å². The Hall–Kier alpha value is -1.81. The summed E-state index contributed by atoms with van der Waals surface area (Å²) in [6.45, 7) is 0.814. The smallest absolute Gasteiger partial charge is 0.150 e. The van der Waals surface area contributed by atoms with E-state index >= 15 is 0 Å². The van der Waals surface area contributed by atoms with Crippen LogP contribution >= 0.6 is 0 Å². The molecule has 4 nitrogen and oxygen atoms in total. The van der Waals surface area contributed by atoms with Gasteiger partial charge in [-0.05, 0) is 31.4 Å². The molecule has 1 atom stereocenters. The van der Waals surface area contributed by atoms with Crippen LogP contribution < -0.4 is 5.73 Å². The van der Waals surface area contributed by atoms with Crippen molar-refractivity contribution < 1.29 is 4.74 Å². The van der Waals surface area contributed by atoms with E-state index in [2.05, 4.69) is 5.10 Å². The number of rotatable bonds is 2. The summed E-state index contributed by atoms with van der Waals surface area (Å²) in [5.41, 5.74) is 8.85. The van der Waals surface area contributed by atoms with Gasteiger partial charge in [0.1, 0.15) is 0 Å². The fraction of sp³-hybridized carbons (Fsp3) is 0.357. The molecule has 2 aromatic rings. The predicted octanol–water partition coefficient (Wildman–Crippen LogP) is 2.83. The summed E-state index contributed by atoms with van der Waals surface area (Å²) in [4.78, 5) is 0. The highest BCUT2D eigenvalue weighted by Crippen LogP contribution is 2.30. The molecule has 1 aromatic heterocycles. The third-order valence-electron chi connectivity index (χ3n) is 3.34. The van der Waals surface area contributed by atoms with E-state index in [1.54, 1.807) is 6.20 Å². The molecule has 0 aliphatic carbocycles. The molecule has 0 radical (unpaired) electrons. The third kappa shape index (κ3) is 1.99. The maximum Gasteiger partial charge on any atom is 0.150 e. The summed E-state index contributed by atoms with van der Waals surface area (Å²) in [6.07, 6.45) is 5.19. The van der Waals surface area contributed by atoms with Gasteiger partial charge in [-0.2, -0.15) is 5.10 Å². The number of ether oxygens (including phenoxy) is 1. The Bertz CT molecular complexity index is 529. The Morgan fingerprint density at radius 1 is 1.22 bits per heavy atom. The molecule has 1 unspecified atom stereocenters. The highest BCUT2D eigenvalue weighted by molar-refractivity contribution is 5.73. The molecular weight excluding hydrogens is 226 g/mol. The van der Waals surface area contributed by atoms with Crippen LogP contribution in [0, 0.1) is 0 Å². The zero-order chi connectivity index (χ0) is 12.4. The Morgan fingerprint density at radius 3 is 2.89 bits per heavy atom. The van der Waals surface area contributed by atoms with E-state index in [4.69, 9.17) is 10.5 Å². The van der Waals surface area contributed by atoms with Gasteiger partial charge in [0, 0.05) is 24.1 Å². The zero-order valence-electron chi connectivity index (χ0n) is 10.2. The zero-order valence-corrected chi connectivity index (χ0v) is 10.2. The number of nitrogens with two attached hydrogens (primary N) is 1. The predicted molar refractivity (Wildman–Crippen MR) is 70.9 cm³/mol. The first-order valence-corrected chi connectivity index (χ1v) is 6.36. The van der Waals surface area contributed by atoms with Gasteiger partial charge in [0.2, 0.25) is 0 Å². The molecule has 1 fully saturated rings. The quantitative estimate of drug-likeness (QED) is 0.825. The summed E-state index contributed by atoms with van der Waals surface area (Å²) in [5, 5.41) is 4.39. The Morgan fingerprint density at radius 2 is 2.11 bits per heavy atom. The average molecular weight is 243 g/mol. The molecule has 2 heterocycles. The van der Waals surface area contributed by atoms with Crippen molar-refractivity contribution in [2.45, 2.75) is 25.5 Å². The second-order valence-corrected chi connectivity index (χ2v) is 4.57. The molecule has 1 aliphatic heterocycles. The fourth-order valence-electron chi connectivity index (χ4n) is 2.40. The summed E-state index contributed by atoms with van der Waals surface area (Å²) < 4.78 is 7.73. The lowest BCUT2D eigenvalue weighted by molar-refractivity contribution is -0.0383. The van der Waals surface area contributed by atoms with Crippen molar-refractivity contribution >= 4 is 5.69 Å². The molecule has 94 valence electrons. The summed E-state index contributed by atoms with van der Waals surface area (Å²) in [6, 6.07) is 9.85. The molecule has 3 rings (SSSR count). The molecule has 2 N–H and O–H groups in total. The number of hydrogen-bond acceptors (Lipinski definition) is 3. The third-order valence-corrected chi connectivity index (χ3v) is 3.34. The maximum atomic E-state index is 6.03.